The van der Waals surface area contributed by atoms with Crippen LogP contribution in [0.1, 0.15) is 15.9 Å². The monoisotopic (exact) mass is 338 g/mol. The number of carbonyl (C=O) groups is 1. The van der Waals surface area contributed by atoms with Crippen LogP contribution < -0.4 is 11.1 Å². The van der Waals surface area contributed by atoms with Crippen molar-refractivity contribution in [2.24, 2.45) is 0 Å². The van der Waals surface area contributed by atoms with Crippen molar-refractivity contribution in [1.29, 1.82) is 0 Å². The minimum atomic E-state index is -0.258. The molecule has 0 unspecified atom stereocenters. The van der Waals surface area contributed by atoms with Crippen molar-refractivity contribution in [3.8, 4) is 0 Å². The fourth-order valence-electron chi connectivity index (χ4n) is 1.63. The molecule has 0 atom stereocenters. The molecular weight excluding hydrogens is 328 g/mol. The minimum absolute atomic E-state index is 0.258. The number of nitrogens with two attached hydrogens (primary N) is 1. The maximum atomic E-state index is 12.2. The lowest BCUT2D eigenvalue weighted by molar-refractivity contribution is 0.102. The van der Waals surface area contributed by atoms with Crippen LogP contribution in [0.2, 0.25) is 5.02 Å². The summed E-state index contributed by atoms with van der Waals surface area (Å²) in [6.07, 6.45) is 0. The number of carbonyl (C=O) groups excluding carboxylic acids is 1. The molecule has 98 valence electrons. The van der Waals surface area contributed by atoms with E-state index in [-0.39, 0.29) is 5.91 Å². The first kappa shape index (κ1) is 13.9. The highest BCUT2D eigenvalue weighted by molar-refractivity contribution is 9.10. The molecule has 0 heterocycles. The topological polar surface area (TPSA) is 55.1 Å². The number of benzene rings is 2. The van der Waals surface area contributed by atoms with Crippen LogP contribution in [0.15, 0.2) is 40.9 Å². The van der Waals surface area contributed by atoms with Crippen LogP contribution in [0.3, 0.4) is 0 Å². The lowest BCUT2D eigenvalue weighted by atomic mass is 10.1. The Bertz CT molecular complexity index is 643. The third-order valence-electron chi connectivity index (χ3n) is 2.69. The van der Waals surface area contributed by atoms with Gasteiger partial charge >= 0.3 is 0 Å². The molecule has 0 aliphatic carbocycles. The van der Waals surface area contributed by atoms with Gasteiger partial charge in [0.25, 0.3) is 5.91 Å². The number of amides is 1. The van der Waals surface area contributed by atoms with E-state index in [1.165, 1.54) is 0 Å². The molecule has 1 amide bonds. The highest BCUT2D eigenvalue weighted by Gasteiger charge is 2.12. The molecule has 2 aromatic rings. The van der Waals surface area contributed by atoms with Crippen molar-refractivity contribution < 1.29 is 4.79 Å². The van der Waals surface area contributed by atoms with Gasteiger partial charge in [0.1, 0.15) is 0 Å². The molecule has 0 saturated carbocycles. The average molecular weight is 340 g/mol. The van der Waals surface area contributed by atoms with Gasteiger partial charge in [-0.3, -0.25) is 4.79 Å². The standard InChI is InChI=1S/C14H12BrClN2O/c1-8-2-3-9(15)6-13(8)18-14(19)11-5-4-10(17)7-12(11)16/h2-7H,17H2,1H3,(H,18,19). The van der Waals surface area contributed by atoms with Gasteiger partial charge < -0.3 is 11.1 Å². The van der Waals surface area contributed by atoms with Crippen LogP contribution >= 0.6 is 27.5 Å². The molecule has 0 radical (unpaired) electrons. The molecule has 19 heavy (non-hydrogen) atoms. The van der Waals surface area contributed by atoms with Gasteiger partial charge in [0.15, 0.2) is 0 Å². The normalized spacial score (nSPS) is 10.3. The number of halogens is 2. The second-order valence-corrected chi connectivity index (χ2v) is 5.48. The molecule has 0 aliphatic heterocycles. The number of anilines is 2. The van der Waals surface area contributed by atoms with Gasteiger partial charge in [0.05, 0.1) is 10.6 Å². The van der Waals surface area contributed by atoms with E-state index in [9.17, 15) is 4.79 Å². The zero-order chi connectivity index (χ0) is 14.0. The molecule has 0 fully saturated rings. The Morgan fingerprint density at radius 3 is 2.68 bits per heavy atom. The molecule has 0 bridgehead atoms. The predicted octanol–water partition coefficient (Wildman–Crippen LogP) is 4.25. The molecule has 3 nitrogen and oxygen atoms in total. The third kappa shape index (κ3) is 3.28. The zero-order valence-corrected chi connectivity index (χ0v) is 12.5. The maximum Gasteiger partial charge on any atom is 0.257 e. The number of aryl methyl sites for hydroxylation is 1. The number of hydrogen-bond acceptors (Lipinski definition) is 2. The first-order valence-electron chi connectivity index (χ1n) is 5.60. The fourth-order valence-corrected chi connectivity index (χ4v) is 2.27. The Kier molecular flexibility index (Phi) is 4.12. The number of nitrogens with one attached hydrogen (secondary N) is 1. The summed E-state index contributed by atoms with van der Waals surface area (Å²) in [4.78, 5) is 12.2. The summed E-state index contributed by atoms with van der Waals surface area (Å²) in [7, 11) is 0. The highest BCUT2D eigenvalue weighted by Crippen LogP contribution is 2.24. The van der Waals surface area contributed by atoms with Crippen LogP contribution in [0.25, 0.3) is 0 Å². The third-order valence-corrected chi connectivity index (χ3v) is 3.49. The van der Waals surface area contributed by atoms with Crippen molar-refractivity contribution in [1.82, 2.24) is 0 Å². The Labute approximate surface area is 124 Å². The zero-order valence-electron chi connectivity index (χ0n) is 10.2. The summed E-state index contributed by atoms with van der Waals surface area (Å²) in [5.41, 5.74) is 8.25. The van der Waals surface area contributed by atoms with E-state index in [0.29, 0.717) is 16.3 Å². The molecule has 5 heteroatoms. The summed E-state index contributed by atoms with van der Waals surface area (Å²) in [6.45, 7) is 1.92. The summed E-state index contributed by atoms with van der Waals surface area (Å²) < 4.78 is 0.900. The van der Waals surface area contributed by atoms with Crippen molar-refractivity contribution in [3.63, 3.8) is 0 Å². The first-order chi connectivity index (χ1) is 8.97. The first-order valence-corrected chi connectivity index (χ1v) is 6.77. The van der Waals surface area contributed by atoms with Gasteiger partial charge in [-0.05, 0) is 42.8 Å². The molecule has 2 rings (SSSR count). The summed E-state index contributed by atoms with van der Waals surface area (Å²) >= 11 is 9.38. The highest BCUT2D eigenvalue weighted by atomic mass is 79.9. The summed E-state index contributed by atoms with van der Waals surface area (Å²) in [6, 6.07) is 10.5. The van der Waals surface area contributed by atoms with Gasteiger partial charge in [0, 0.05) is 15.8 Å². The van der Waals surface area contributed by atoms with Crippen LogP contribution in [0.4, 0.5) is 11.4 Å². The molecule has 3 N–H and O–H groups in total. The smallest absolute Gasteiger partial charge is 0.257 e. The quantitative estimate of drug-likeness (QED) is 0.804. The van der Waals surface area contributed by atoms with E-state index in [4.69, 9.17) is 17.3 Å². The molecular formula is C14H12BrClN2O. The molecule has 0 spiro atoms. The van der Waals surface area contributed by atoms with Crippen molar-refractivity contribution in [2.45, 2.75) is 6.92 Å². The number of nitrogen functional groups attached to an aromatic ring is 1. The van der Waals surface area contributed by atoms with E-state index in [0.717, 1.165) is 15.7 Å². The maximum absolute atomic E-state index is 12.2. The number of rotatable bonds is 2. The fraction of sp³-hybridized carbons (Fsp3) is 0.0714. The van der Waals surface area contributed by atoms with Crippen LogP contribution in [0.5, 0.6) is 0 Å². The van der Waals surface area contributed by atoms with Gasteiger partial charge in [0.2, 0.25) is 0 Å². The second kappa shape index (κ2) is 5.63. The Morgan fingerprint density at radius 1 is 1.26 bits per heavy atom. The van der Waals surface area contributed by atoms with Crippen molar-refractivity contribution >= 4 is 44.8 Å². The van der Waals surface area contributed by atoms with Crippen molar-refractivity contribution in [2.75, 3.05) is 11.1 Å². The SMILES string of the molecule is Cc1ccc(Br)cc1NC(=O)c1ccc(N)cc1Cl. The molecule has 2 aromatic carbocycles. The van der Waals surface area contributed by atoms with Crippen LogP contribution in [-0.2, 0) is 0 Å². The second-order valence-electron chi connectivity index (χ2n) is 4.15. The predicted molar refractivity (Wildman–Crippen MR) is 82.7 cm³/mol. The Hall–Kier alpha value is -1.52. The summed E-state index contributed by atoms with van der Waals surface area (Å²) in [5.74, 6) is -0.258. The van der Waals surface area contributed by atoms with Crippen molar-refractivity contribution in [3.05, 3.63) is 57.0 Å². The molecule has 0 saturated heterocycles. The van der Waals surface area contributed by atoms with E-state index in [2.05, 4.69) is 21.2 Å². The lowest BCUT2D eigenvalue weighted by Crippen LogP contribution is -2.13. The minimum Gasteiger partial charge on any atom is -0.399 e. The number of hydrogen-bond donors (Lipinski definition) is 2. The van der Waals surface area contributed by atoms with E-state index >= 15 is 0 Å². The summed E-state index contributed by atoms with van der Waals surface area (Å²) in [5, 5.41) is 3.17. The van der Waals surface area contributed by atoms with Gasteiger partial charge in [-0.25, -0.2) is 0 Å². The van der Waals surface area contributed by atoms with Gasteiger partial charge in [-0.15, -0.1) is 0 Å². The van der Waals surface area contributed by atoms with E-state index < -0.39 is 0 Å². The molecule has 0 aromatic heterocycles. The largest absolute Gasteiger partial charge is 0.399 e. The van der Waals surface area contributed by atoms with Crippen LogP contribution in [0, 0.1) is 6.92 Å². The lowest BCUT2D eigenvalue weighted by Gasteiger charge is -2.10. The average Bonchev–Trinajstić information content (AvgIpc) is 2.33. The van der Waals surface area contributed by atoms with Crippen LogP contribution in [-0.4, -0.2) is 5.91 Å². The molecule has 0 aliphatic rings. The van der Waals surface area contributed by atoms with E-state index in [1.54, 1.807) is 18.2 Å². The van der Waals surface area contributed by atoms with Gasteiger partial charge in [-0.1, -0.05) is 33.6 Å². The van der Waals surface area contributed by atoms with Gasteiger partial charge in [-0.2, -0.15) is 0 Å². The van der Waals surface area contributed by atoms with E-state index in [1.807, 2.05) is 25.1 Å². The Balaban J connectivity index is 2.28. The Morgan fingerprint density at radius 2 is 2.00 bits per heavy atom.